The highest BCUT2D eigenvalue weighted by Gasteiger charge is 2.50. The van der Waals surface area contributed by atoms with Gasteiger partial charge >= 0.3 is 0 Å². The molecule has 0 saturated heterocycles. The summed E-state index contributed by atoms with van der Waals surface area (Å²) in [4.78, 5) is 29.5. The topological polar surface area (TPSA) is 75.9 Å². The molecule has 0 bridgehead atoms. The monoisotopic (exact) mass is 517 g/mol. The number of hydrogen-bond donors (Lipinski definition) is 0. The molecule has 0 aromatic heterocycles. The summed E-state index contributed by atoms with van der Waals surface area (Å²) in [5.41, 5.74) is 3.45. The zero-order chi connectivity index (χ0) is 28.0. The van der Waals surface area contributed by atoms with Gasteiger partial charge in [0.1, 0.15) is 12.0 Å². The van der Waals surface area contributed by atoms with Crippen LogP contribution >= 0.6 is 0 Å². The fourth-order valence-corrected chi connectivity index (χ4v) is 5.14. The third-order valence-electron chi connectivity index (χ3n) is 7.68. The number of carbonyl (C=O) groups is 1. The van der Waals surface area contributed by atoms with Crippen molar-refractivity contribution >= 4 is 17.7 Å². The molecule has 7 nitrogen and oxygen atoms in total. The Labute approximate surface area is 226 Å². The third kappa shape index (κ3) is 5.98. The molecule has 0 unspecified atom stereocenters. The van der Waals surface area contributed by atoms with Crippen molar-refractivity contribution in [2.24, 2.45) is 5.41 Å². The Morgan fingerprint density at radius 1 is 0.842 bits per heavy atom. The van der Waals surface area contributed by atoms with Gasteiger partial charge in [0.05, 0.1) is 18.9 Å². The fourth-order valence-electron chi connectivity index (χ4n) is 5.14. The van der Waals surface area contributed by atoms with E-state index in [9.17, 15) is 14.9 Å². The zero-order valence-electron chi connectivity index (χ0n) is 23.4. The maximum Gasteiger partial charge on any atom is 0.231 e. The summed E-state index contributed by atoms with van der Waals surface area (Å²) in [5, 5.41) is 13.1. The first-order valence-corrected chi connectivity index (χ1v) is 12.8. The fraction of sp³-hybridized carbons (Fsp3) is 0.387. The van der Waals surface area contributed by atoms with Crippen molar-refractivity contribution in [2.75, 3.05) is 45.1 Å². The Bertz CT molecular complexity index is 1160. The number of nitro groups is 1. The van der Waals surface area contributed by atoms with Gasteiger partial charge in [-0.25, -0.2) is 0 Å². The second-order valence-corrected chi connectivity index (χ2v) is 10.5. The Hall–Kier alpha value is -3.87. The van der Waals surface area contributed by atoms with Gasteiger partial charge in [-0.05, 0) is 59.5 Å². The van der Waals surface area contributed by atoms with Crippen LogP contribution < -0.4 is 14.5 Å². The lowest BCUT2D eigenvalue weighted by molar-refractivity contribution is -0.532. The molecule has 0 aliphatic carbocycles. The van der Waals surface area contributed by atoms with Crippen LogP contribution in [0.25, 0.3) is 0 Å². The maximum atomic E-state index is 13.1. The largest absolute Gasteiger partial charge is 0.497 e. The Morgan fingerprint density at radius 2 is 1.26 bits per heavy atom. The summed E-state index contributed by atoms with van der Waals surface area (Å²) in [6, 6.07) is 22.0. The summed E-state index contributed by atoms with van der Waals surface area (Å²) < 4.78 is 5.33. The number of benzene rings is 3. The van der Waals surface area contributed by atoms with E-state index < -0.39 is 23.3 Å². The molecule has 0 amide bonds. The smallest absolute Gasteiger partial charge is 0.231 e. The van der Waals surface area contributed by atoms with Crippen LogP contribution in [-0.2, 0) is 4.79 Å². The molecule has 0 radical (unpaired) electrons. The van der Waals surface area contributed by atoms with E-state index in [2.05, 4.69) is 0 Å². The number of nitrogens with zero attached hydrogens (tertiary/aromatic N) is 3. The van der Waals surface area contributed by atoms with Crippen molar-refractivity contribution in [3.8, 4) is 5.75 Å². The number of rotatable bonds is 12. The number of ether oxygens (including phenoxy) is 1. The molecule has 7 heteroatoms. The molecule has 0 fully saturated rings. The van der Waals surface area contributed by atoms with Gasteiger partial charge in [0, 0.05) is 49.9 Å². The summed E-state index contributed by atoms with van der Waals surface area (Å²) in [6.07, 6.45) is 1.35. The highest BCUT2D eigenvalue weighted by molar-refractivity contribution is 5.62. The van der Waals surface area contributed by atoms with Crippen molar-refractivity contribution < 1.29 is 14.5 Å². The van der Waals surface area contributed by atoms with Crippen molar-refractivity contribution in [1.82, 2.24) is 0 Å². The first kappa shape index (κ1) is 28.7. The lowest BCUT2D eigenvalue weighted by Gasteiger charge is -2.37. The molecule has 202 valence electrons. The van der Waals surface area contributed by atoms with E-state index in [4.69, 9.17) is 4.74 Å². The summed E-state index contributed by atoms with van der Waals surface area (Å²) in [7, 11) is 9.43. The van der Waals surface area contributed by atoms with Crippen LogP contribution in [0.1, 0.15) is 48.8 Å². The molecule has 0 heterocycles. The standard InChI is InChI=1S/C31H39N3O4/c1-8-31(2,21-35)29(24-13-19-27(38-7)20-14-24)30(34(36)37)28(22-9-15-25(16-10-22)32(3)4)23-11-17-26(18-12-23)33(5)6/h9-21,28-30H,8H2,1-7H3/t29-,30-,31-/m0/s1. The van der Waals surface area contributed by atoms with Crippen LogP contribution in [0.5, 0.6) is 5.75 Å². The Morgan fingerprint density at radius 3 is 1.58 bits per heavy atom. The first-order valence-electron chi connectivity index (χ1n) is 12.8. The maximum absolute atomic E-state index is 13.1. The quantitative estimate of drug-likeness (QED) is 0.167. The molecule has 3 rings (SSSR count). The predicted molar refractivity (Wildman–Crippen MR) is 154 cm³/mol. The van der Waals surface area contributed by atoms with Crippen LogP contribution in [0.4, 0.5) is 11.4 Å². The predicted octanol–water partition coefficient (Wildman–Crippen LogP) is 6.00. The van der Waals surface area contributed by atoms with Gasteiger partial charge < -0.3 is 19.3 Å². The van der Waals surface area contributed by atoms with Crippen LogP contribution in [0.15, 0.2) is 72.8 Å². The molecule has 3 aromatic carbocycles. The average Bonchev–Trinajstić information content (AvgIpc) is 2.93. The van der Waals surface area contributed by atoms with Crippen LogP contribution in [0.2, 0.25) is 0 Å². The van der Waals surface area contributed by atoms with Gasteiger partial charge in [-0.1, -0.05) is 50.2 Å². The van der Waals surface area contributed by atoms with Gasteiger partial charge in [-0.3, -0.25) is 10.1 Å². The molecule has 0 spiro atoms. The summed E-state index contributed by atoms with van der Waals surface area (Å²) in [5.74, 6) is -0.613. The second-order valence-electron chi connectivity index (χ2n) is 10.5. The van der Waals surface area contributed by atoms with Crippen molar-refractivity contribution in [3.05, 3.63) is 99.6 Å². The van der Waals surface area contributed by atoms with E-state index in [1.807, 2.05) is 113 Å². The zero-order valence-corrected chi connectivity index (χ0v) is 23.4. The lowest BCUT2D eigenvalue weighted by Crippen LogP contribution is -2.43. The van der Waals surface area contributed by atoms with Crippen LogP contribution in [0.3, 0.4) is 0 Å². The van der Waals surface area contributed by atoms with Crippen molar-refractivity contribution in [3.63, 3.8) is 0 Å². The van der Waals surface area contributed by atoms with Crippen LogP contribution in [0, 0.1) is 15.5 Å². The molecule has 3 aromatic rings. The van der Waals surface area contributed by atoms with E-state index in [0.717, 1.165) is 34.4 Å². The van der Waals surface area contributed by atoms with Crippen LogP contribution in [-0.4, -0.2) is 52.6 Å². The third-order valence-corrected chi connectivity index (χ3v) is 7.68. The molecule has 0 aliphatic heterocycles. The lowest BCUT2D eigenvalue weighted by atomic mass is 9.64. The van der Waals surface area contributed by atoms with Gasteiger partial charge in [0.15, 0.2) is 0 Å². The van der Waals surface area contributed by atoms with Crippen molar-refractivity contribution in [2.45, 2.75) is 38.1 Å². The minimum atomic E-state index is -1.10. The van der Waals surface area contributed by atoms with Crippen molar-refractivity contribution in [1.29, 1.82) is 0 Å². The average molecular weight is 518 g/mol. The molecule has 0 N–H and O–H groups in total. The highest BCUT2D eigenvalue weighted by Crippen LogP contribution is 2.47. The molecule has 0 saturated carbocycles. The molecule has 0 aliphatic rings. The normalized spacial score (nSPS) is 14.3. The Kier molecular flexibility index (Phi) is 9.15. The first-order chi connectivity index (χ1) is 18.1. The summed E-state index contributed by atoms with van der Waals surface area (Å²) in [6.45, 7) is 3.74. The number of anilines is 2. The van der Waals surface area contributed by atoms with E-state index >= 15 is 0 Å². The number of carbonyl (C=O) groups excluding carboxylic acids is 1. The van der Waals surface area contributed by atoms with E-state index in [1.165, 1.54) is 0 Å². The molecular weight excluding hydrogens is 478 g/mol. The SMILES string of the molecule is CC[C@@](C)(C=O)[C@@H](c1ccc(OC)cc1)[C@H](C(c1ccc(N(C)C)cc1)c1ccc(N(C)C)cc1)[N+](=O)[O-]. The molecular formula is C31H39N3O4. The second kappa shape index (κ2) is 12.1. The molecule has 38 heavy (non-hydrogen) atoms. The summed E-state index contributed by atoms with van der Waals surface area (Å²) >= 11 is 0. The van der Waals surface area contributed by atoms with E-state index in [0.29, 0.717) is 12.2 Å². The van der Waals surface area contributed by atoms with E-state index in [1.54, 1.807) is 19.2 Å². The minimum absolute atomic E-state index is 0.198. The van der Waals surface area contributed by atoms with Gasteiger partial charge in [-0.2, -0.15) is 0 Å². The minimum Gasteiger partial charge on any atom is -0.497 e. The number of hydrogen-bond acceptors (Lipinski definition) is 6. The highest BCUT2D eigenvalue weighted by atomic mass is 16.6. The number of aldehydes is 1. The number of methoxy groups -OCH3 is 1. The van der Waals surface area contributed by atoms with Gasteiger partial charge in [0.2, 0.25) is 6.04 Å². The molecule has 3 atom stereocenters. The van der Waals surface area contributed by atoms with Gasteiger partial charge in [-0.15, -0.1) is 0 Å². The van der Waals surface area contributed by atoms with Gasteiger partial charge in [0.25, 0.3) is 0 Å². The van der Waals surface area contributed by atoms with E-state index in [-0.39, 0.29) is 4.92 Å². The Balaban J connectivity index is 2.29.